The standard InChI is InChI=1S/C25H21FN4O3/c1-16-19(15-27-30(16)22-9-5-3-7-20(22)26)25(32)28-18-13-11-17(12-14-18)24(31)29-21-8-4-6-10-23(21)33-2/h3-15H,1-2H3,(H,28,32)(H,29,31). The van der Waals surface area contributed by atoms with Gasteiger partial charge < -0.3 is 15.4 Å². The van der Waals surface area contributed by atoms with Crippen LogP contribution in [-0.2, 0) is 0 Å². The predicted octanol–water partition coefficient (Wildman–Crippen LogP) is 4.83. The fourth-order valence-electron chi connectivity index (χ4n) is 3.34. The smallest absolute Gasteiger partial charge is 0.259 e. The van der Waals surface area contributed by atoms with Gasteiger partial charge in [-0.3, -0.25) is 9.59 Å². The molecule has 2 amide bonds. The molecule has 8 heteroatoms. The number of methoxy groups -OCH3 is 1. The molecule has 0 aliphatic carbocycles. The van der Waals surface area contributed by atoms with E-state index in [0.717, 1.165) is 0 Å². The number of amides is 2. The Morgan fingerprint density at radius 2 is 1.61 bits per heavy atom. The number of para-hydroxylation sites is 3. The first-order valence-electron chi connectivity index (χ1n) is 10.1. The van der Waals surface area contributed by atoms with Gasteiger partial charge in [-0.1, -0.05) is 24.3 Å². The van der Waals surface area contributed by atoms with Crippen molar-refractivity contribution in [2.45, 2.75) is 6.92 Å². The highest BCUT2D eigenvalue weighted by Gasteiger charge is 2.17. The van der Waals surface area contributed by atoms with Crippen LogP contribution in [0.15, 0.2) is 79.0 Å². The Hall–Kier alpha value is -4.46. The number of nitrogens with one attached hydrogen (secondary N) is 2. The lowest BCUT2D eigenvalue weighted by Crippen LogP contribution is -2.14. The monoisotopic (exact) mass is 444 g/mol. The molecule has 1 aromatic heterocycles. The molecular formula is C25H21FN4O3. The Morgan fingerprint density at radius 3 is 2.33 bits per heavy atom. The summed E-state index contributed by atoms with van der Waals surface area (Å²) in [7, 11) is 1.53. The van der Waals surface area contributed by atoms with Gasteiger partial charge >= 0.3 is 0 Å². The topological polar surface area (TPSA) is 85.2 Å². The number of nitrogens with zero attached hydrogens (tertiary/aromatic N) is 2. The zero-order valence-corrected chi connectivity index (χ0v) is 18.0. The average molecular weight is 444 g/mol. The zero-order chi connectivity index (χ0) is 23.4. The van der Waals surface area contributed by atoms with Crippen LogP contribution in [0, 0.1) is 12.7 Å². The summed E-state index contributed by atoms with van der Waals surface area (Å²) >= 11 is 0. The molecule has 4 rings (SSSR count). The second kappa shape index (κ2) is 9.35. The number of halogens is 1. The van der Waals surface area contributed by atoms with Crippen molar-refractivity contribution in [2.75, 3.05) is 17.7 Å². The fraction of sp³-hybridized carbons (Fsp3) is 0.0800. The summed E-state index contributed by atoms with van der Waals surface area (Å²) in [6.45, 7) is 1.69. The molecule has 0 radical (unpaired) electrons. The maximum absolute atomic E-state index is 14.1. The van der Waals surface area contributed by atoms with E-state index in [1.165, 1.54) is 24.1 Å². The van der Waals surface area contributed by atoms with E-state index in [9.17, 15) is 14.0 Å². The Labute approximate surface area is 189 Å². The first kappa shape index (κ1) is 21.8. The van der Waals surface area contributed by atoms with Crippen molar-refractivity contribution in [3.63, 3.8) is 0 Å². The molecule has 0 fully saturated rings. The van der Waals surface area contributed by atoms with Gasteiger partial charge in [-0.25, -0.2) is 9.07 Å². The van der Waals surface area contributed by atoms with Crippen molar-refractivity contribution < 1.29 is 18.7 Å². The van der Waals surface area contributed by atoms with Crippen LogP contribution < -0.4 is 15.4 Å². The summed E-state index contributed by atoms with van der Waals surface area (Å²) in [5.74, 6) is -0.570. The third kappa shape index (κ3) is 4.59. The molecule has 1 heterocycles. The highest BCUT2D eigenvalue weighted by atomic mass is 19.1. The minimum atomic E-state index is -0.433. The van der Waals surface area contributed by atoms with Crippen LogP contribution in [0.4, 0.5) is 15.8 Å². The molecular weight excluding hydrogens is 423 g/mol. The summed E-state index contributed by atoms with van der Waals surface area (Å²) in [6, 6.07) is 19.8. The maximum Gasteiger partial charge on any atom is 0.259 e. The van der Waals surface area contributed by atoms with Crippen molar-refractivity contribution in [1.29, 1.82) is 0 Å². The second-order valence-corrected chi connectivity index (χ2v) is 7.19. The van der Waals surface area contributed by atoms with Gasteiger partial charge in [-0.15, -0.1) is 0 Å². The molecule has 0 bridgehead atoms. The van der Waals surface area contributed by atoms with Gasteiger partial charge in [0.25, 0.3) is 11.8 Å². The van der Waals surface area contributed by atoms with Gasteiger partial charge in [0.15, 0.2) is 0 Å². The minimum absolute atomic E-state index is 0.263. The van der Waals surface area contributed by atoms with Gasteiger partial charge in [0.05, 0.1) is 30.3 Å². The maximum atomic E-state index is 14.1. The van der Waals surface area contributed by atoms with E-state index in [4.69, 9.17) is 4.74 Å². The van der Waals surface area contributed by atoms with Crippen molar-refractivity contribution in [1.82, 2.24) is 9.78 Å². The van der Waals surface area contributed by atoms with Gasteiger partial charge in [-0.05, 0) is 55.5 Å². The lowest BCUT2D eigenvalue weighted by atomic mass is 10.1. The van der Waals surface area contributed by atoms with Crippen LogP contribution in [0.25, 0.3) is 5.69 Å². The molecule has 0 aliphatic heterocycles. The molecule has 3 aromatic carbocycles. The molecule has 0 saturated carbocycles. The van der Waals surface area contributed by atoms with Crippen molar-refractivity contribution in [3.8, 4) is 11.4 Å². The van der Waals surface area contributed by atoms with Gasteiger partial charge in [-0.2, -0.15) is 5.10 Å². The summed E-state index contributed by atoms with van der Waals surface area (Å²) < 4.78 is 20.7. The van der Waals surface area contributed by atoms with E-state index < -0.39 is 5.82 Å². The van der Waals surface area contributed by atoms with E-state index >= 15 is 0 Å². The number of ether oxygens (including phenoxy) is 1. The number of aromatic nitrogens is 2. The molecule has 4 aromatic rings. The molecule has 0 aliphatic rings. The van der Waals surface area contributed by atoms with E-state index in [2.05, 4.69) is 15.7 Å². The van der Waals surface area contributed by atoms with Crippen molar-refractivity contribution in [2.24, 2.45) is 0 Å². The normalized spacial score (nSPS) is 10.5. The molecule has 166 valence electrons. The number of hydrogen-bond acceptors (Lipinski definition) is 4. The Morgan fingerprint density at radius 1 is 0.909 bits per heavy atom. The number of anilines is 2. The number of carbonyl (C=O) groups is 2. The van der Waals surface area contributed by atoms with Crippen LogP contribution in [0.3, 0.4) is 0 Å². The number of rotatable bonds is 6. The lowest BCUT2D eigenvalue weighted by molar-refractivity contribution is 0.101. The minimum Gasteiger partial charge on any atom is -0.495 e. The van der Waals surface area contributed by atoms with Crippen molar-refractivity contribution in [3.05, 3.63) is 102 Å². The van der Waals surface area contributed by atoms with E-state index in [1.54, 1.807) is 67.6 Å². The highest BCUT2D eigenvalue weighted by molar-refractivity contribution is 6.07. The molecule has 0 atom stereocenters. The van der Waals surface area contributed by atoms with E-state index in [0.29, 0.717) is 33.9 Å². The summed E-state index contributed by atoms with van der Waals surface area (Å²) in [5.41, 5.74) is 2.57. The predicted molar refractivity (Wildman–Crippen MR) is 124 cm³/mol. The molecule has 0 saturated heterocycles. The van der Waals surface area contributed by atoms with Gasteiger partial charge in [0.2, 0.25) is 0 Å². The third-order valence-corrected chi connectivity index (χ3v) is 5.10. The first-order chi connectivity index (χ1) is 16.0. The van der Waals surface area contributed by atoms with Crippen LogP contribution in [0.5, 0.6) is 5.75 Å². The van der Waals surface area contributed by atoms with E-state index in [-0.39, 0.29) is 17.5 Å². The zero-order valence-electron chi connectivity index (χ0n) is 18.0. The van der Waals surface area contributed by atoms with Gasteiger partial charge in [0, 0.05) is 11.3 Å². The molecule has 2 N–H and O–H groups in total. The summed E-state index contributed by atoms with van der Waals surface area (Å²) in [5, 5.41) is 9.73. The van der Waals surface area contributed by atoms with Gasteiger partial charge in [0.1, 0.15) is 17.3 Å². The summed E-state index contributed by atoms with van der Waals surface area (Å²) in [6.07, 6.45) is 1.40. The number of benzene rings is 3. The quantitative estimate of drug-likeness (QED) is 0.446. The lowest BCUT2D eigenvalue weighted by Gasteiger charge is -2.10. The Balaban J connectivity index is 1.46. The molecule has 33 heavy (non-hydrogen) atoms. The van der Waals surface area contributed by atoms with Crippen LogP contribution in [-0.4, -0.2) is 28.7 Å². The van der Waals surface area contributed by atoms with E-state index in [1.807, 2.05) is 6.07 Å². The molecule has 0 unspecified atom stereocenters. The fourth-order valence-corrected chi connectivity index (χ4v) is 3.34. The Kier molecular flexibility index (Phi) is 6.17. The number of carbonyl (C=O) groups excluding carboxylic acids is 2. The molecule has 0 spiro atoms. The highest BCUT2D eigenvalue weighted by Crippen LogP contribution is 2.24. The third-order valence-electron chi connectivity index (χ3n) is 5.10. The van der Waals surface area contributed by atoms with Crippen molar-refractivity contribution >= 4 is 23.2 Å². The van der Waals surface area contributed by atoms with Crippen LogP contribution in [0.2, 0.25) is 0 Å². The molecule has 7 nitrogen and oxygen atoms in total. The van der Waals surface area contributed by atoms with Crippen LogP contribution >= 0.6 is 0 Å². The summed E-state index contributed by atoms with van der Waals surface area (Å²) in [4.78, 5) is 25.3. The Bertz CT molecular complexity index is 1320. The average Bonchev–Trinajstić information content (AvgIpc) is 3.21. The second-order valence-electron chi connectivity index (χ2n) is 7.19. The number of hydrogen-bond donors (Lipinski definition) is 2. The SMILES string of the molecule is COc1ccccc1NC(=O)c1ccc(NC(=O)c2cnn(-c3ccccc3F)c2C)cc1. The first-order valence-corrected chi connectivity index (χ1v) is 10.1. The largest absolute Gasteiger partial charge is 0.495 e. The van der Waals surface area contributed by atoms with Crippen LogP contribution in [0.1, 0.15) is 26.4 Å².